The van der Waals surface area contributed by atoms with Gasteiger partial charge in [0.25, 0.3) is 0 Å². The highest BCUT2D eigenvalue weighted by molar-refractivity contribution is 5.25. The van der Waals surface area contributed by atoms with E-state index in [9.17, 15) is 8.78 Å². The van der Waals surface area contributed by atoms with Gasteiger partial charge in [-0.1, -0.05) is 12.1 Å². The summed E-state index contributed by atoms with van der Waals surface area (Å²) in [6.07, 6.45) is 2.91. The van der Waals surface area contributed by atoms with E-state index in [-0.39, 0.29) is 6.04 Å². The maximum Gasteiger partial charge on any atom is 0.163 e. The van der Waals surface area contributed by atoms with E-state index in [1.165, 1.54) is 6.07 Å². The molecule has 2 rings (SSSR count). The Hall–Kier alpha value is -1.00. The van der Waals surface area contributed by atoms with Crippen LogP contribution in [-0.2, 0) is 4.74 Å². The van der Waals surface area contributed by atoms with Crippen LogP contribution in [0.4, 0.5) is 8.78 Å². The molecule has 1 saturated heterocycles. The van der Waals surface area contributed by atoms with Crippen LogP contribution in [0.2, 0.25) is 0 Å². The van der Waals surface area contributed by atoms with Crippen molar-refractivity contribution in [2.24, 2.45) is 0 Å². The van der Waals surface area contributed by atoms with Crippen LogP contribution < -0.4 is 5.32 Å². The maximum absolute atomic E-state index is 13.9. The van der Waals surface area contributed by atoms with Gasteiger partial charge < -0.3 is 10.1 Å². The van der Waals surface area contributed by atoms with Crippen LogP contribution in [-0.4, -0.2) is 19.3 Å². The molecule has 18 heavy (non-hydrogen) atoms. The van der Waals surface area contributed by atoms with E-state index in [1.807, 2.05) is 6.92 Å². The first-order valence-electron chi connectivity index (χ1n) is 6.33. The van der Waals surface area contributed by atoms with E-state index in [4.69, 9.17) is 4.74 Å². The predicted molar refractivity (Wildman–Crippen MR) is 66.4 cm³/mol. The van der Waals surface area contributed by atoms with Crippen LogP contribution >= 0.6 is 0 Å². The summed E-state index contributed by atoms with van der Waals surface area (Å²) < 4.78 is 33.0. The Bertz CT molecular complexity index is 416. The fourth-order valence-corrected chi connectivity index (χ4v) is 2.72. The van der Waals surface area contributed by atoms with Crippen molar-refractivity contribution in [1.82, 2.24) is 5.32 Å². The van der Waals surface area contributed by atoms with Crippen LogP contribution in [0.25, 0.3) is 0 Å². The number of likely N-dealkylation sites (N-methyl/N-ethyl adjacent to an activating group) is 1. The van der Waals surface area contributed by atoms with Gasteiger partial charge in [-0.2, -0.15) is 0 Å². The second-order valence-electron chi connectivity index (χ2n) is 4.98. The smallest absolute Gasteiger partial charge is 0.163 e. The van der Waals surface area contributed by atoms with Crippen LogP contribution in [0.1, 0.15) is 37.8 Å². The average Bonchev–Trinajstić information content (AvgIpc) is 2.36. The van der Waals surface area contributed by atoms with Crippen molar-refractivity contribution >= 4 is 0 Å². The molecule has 0 aliphatic carbocycles. The van der Waals surface area contributed by atoms with E-state index >= 15 is 0 Å². The number of benzene rings is 1. The molecule has 0 saturated carbocycles. The SMILES string of the molecule is CNC(c1cccc(F)c1F)C1(C)CCCCO1. The van der Waals surface area contributed by atoms with E-state index < -0.39 is 17.2 Å². The van der Waals surface area contributed by atoms with Crippen LogP contribution in [0, 0.1) is 11.6 Å². The normalized spacial score (nSPS) is 26.0. The zero-order chi connectivity index (χ0) is 13.2. The molecule has 2 atom stereocenters. The molecule has 1 aliphatic heterocycles. The third-order valence-electron chi connectivity index (χ3n) is 3.69. The Balaban J connectivity index is 2.35. The zero-order valence-electron chi connectivity index (χ0n) is 10.8. The van der Waals surface area contributed by atoms with Gasteiger partial charge in [-0.3, -0.25) is 0 Å². The Kier molecular flexibility index (Phi) is 3.97. The molecule has 0 radical (unpaired) electrons. The van der Waals surface area contributed by atoms with Crippen molar-refractivity contribution in [3.8, 4) is 0 Å². The topological polar surface area (TPSA) is 21.3 Å². The van der Waals surface area contributed by atoms with Crippen LogP contribution in [0.5, 0.6) is 0 Å². The Morgan fingerprint density at radius 3 is 2.72 bits per heavy atom. The lowest BCUT2D eigenvalue weighted by molar-refractivity contribution is -0.0891. The minimum absolute atomic E-state index is 0.335. The largest absolute Gasteiger partial charge is 0.373 e. The molecule has 0 bridgehead atoms. The molecule has 0 amide bonds. The maximum atomic E-state index is 13.9. The van der Waals surface area contributed by atoms with Gasteiger partial charge in [-0.25, -0.2) is 8.78 Å². The predicted octanol–water partition coefficient (Wildman–Crippen LogP) is 3.18. The Labute approximate surface area is 106 Å². The summed E-state index contributed by atoms with van der Waals surface area (Å²) in [4.78, 5) is 0. The monoisotopic (exact) mass is 255 g/mol. The number of halogens is 2. The van der Waals surface area contributed by atoms with Gasteiger partial charge in [0, 0.05) is 12.2 Å². The molecule has 1 N–H and O–H groups in total. The van der Waals surface area contributed by atoms with Gasteiger partial charge >= 0.3 is 0 Å². The molecular weight excluding hydrogens is 236 g/mol. The van der Waals surface area contributed by atoms with Gasteiger partial charge in [0.2, 0.25) is 0 Å². The first kappa shape index (κ1) is 13.4. The van der Waals surface area contributed by atoms with E-state index in [0.717, 1.165) is 25.3 Å². The lowest BCUT2D eigenvalue weighted by Gasteiger charge is -2.40. The highest BCUT2D eigenvalue weighted by atomic mass is 19.2. The van der Waals surface area contributed by atoms with Gasteiger partial charge in [0.05, 0.1) is 11.6 Å². The van der Waals surface area contributed by atoms with Gasteiger partial charge in [-0.05, 0) is 39.3 Å². The molecule has 0 spiro atoms. The van der Waals surface area contributed by atoms with Gasteiger partial charge in [0.1, 0.15) is 0 Å². The summed E-state index contributed by atoms with van der Waals surface area (Å²) in [6, 6.07) is 3.94. The molecule has 2 unspecified atom stereocenters. The number of ether oxygens (including phenoxy) is 1. The number of rotatable bonds is 3. The van der Waals surface area contributed by atoms with Crippen molar-refractivity contribution < 1.29 is 13.5 Å². The highest BCUT2D eigenvalue weighted by Gasteiger charge is 2.38. The number of hydrogen-bond donors (Lipinski definition) is 1. The summed E-state index contributed by atoms with van der Waals surface area (Å²) >= 11 is 0. The quantitative estimate of drug-likeness (QED) is 0.895. The molecule has 1 aromatic carbocycles. The summed E-state index contributed by atoms with van der Waals surface area (Å²) in [5, 5.41) is 3.06. The molecule has 2 nitrogen and oxygen atoms in total. The first-order chi connectivity index (χ1) is 8.58. The van der Waals surface area contributed by atoms with E-state index in [2.05, 4.69) is 5.32 Å². The summed E-state index contributed by atoms with van der Waals surface area (Å²) in [7, 11) is 1.75. The number of hydrogen-bond acceptors (Lipinski definition) is 2. The summed E-state index contributed by atoms with van der Waals surface area (Å²) in [5.41, 5.74) is -0.149. The molecular formula is C14H19F2NO. The van der Waals surface area contributed by atoms with Crippen molar-refractivity contribution in [2.75, 3.05) is 13.7 Å². The summed E-state index contributed by atoms with van der Waals surface area (Å²) in [6.45, 7) is 2.63. The second-order valence-corrected chi connectivity index (χ2v) is 4.98. The Morgan fingerprint density at radius 2 is 2.11 bits per heavy atom. The minimum atomic E-state index is -0.813. The van der Waals surface area contributed by atoms with E-state index in [1.54, 1.807) is 13.1 Å². The second kappa shape index (κ2) is 5.33. The molecule has 1 fully saturated rings. The van der Waals surface area contributed by atoms with Crippen molar-refractivity contribution in [1.29, 1.82) is 0 Å². The lowest BCUT2D eigenvalue weighted by Crippen LogP contribution is -2.45. The highest BCUT2D eigenvalue weighted by Crippen LogP contribution is 2.37. The first-order valence-corrected chi connectivity index (χ1v) is 6.33. The van der Waals surface area contributed by atoms with Crippen molar-refractivity contribution in [3.05, 3.63) is 35.4 Å². The standard InChI is InChI=1S/C14H19F2NO/c1-14(8-3-4-9-18-14)13(17-2)10-6-5-7-11(15)12(10)16/h5-7,13,17H,3-4,8-9H2,1-2H3. The van der Waals surface area contributed by atoms with Gasteiger partial charge in [0.15, 0.2) is 11.6 Å². The fourth-order valence-electron chi connectivity index (χ4n) is 2.72. The molecule has 0 aromatic heterocycles. The summed E-state index contributed by atoms with van der Waals surface area (Å²) in [5.74, 6) is -1.60. The van der Waals surface area contributed by atoms with Gasteiger partial charge in [-0.15, -0.1) is 0 Å². The lowest BCUT2D eigenvalue weighted by atomic mass is 9.84. The zero-order valence-corrected chi connectivity index (χ0v) is 10.8. The fraction of sp³-hybridized carbons (Fsp3) is 0.571. The van der Waals surface area contributed by atoms with Crippen LogP contribution in [0.15, 0.2) is 18.2 Å². The third-order valence-corrected chi connectivity index (χ3v) is 3.69. The number of nitrogens with one attached hydrogen (secondary N) is 1. The van der Waals surface area contributed by atoms with Crippen molar-refractivity contribution in [2.45, 2.75) is 37.8 Å². The van der Waals surface area contributed by atoms with Crippen LogP contribution in [0.3, 0.4) is 0 Å². The molecule has 1 heterocycles. The molecule has 1 aromatic rings. The minimum Gasteiger partial charge on any atom is -0.373 e. The molecule has 1 aliphatic rings. The molecule has 100 valence electrons. The molecule has 4 heteroatoms. The average molecular weight is 255 g/mol. The van der Waals surface area contributed by atoms with E-state index in [0.29, 0.717) is 12.2 Å². The van der Waals surface area contributed by atoms with Crippen molar-refractivity contribution in [3.63, 3.8) is 0 Å². The third kappa shape index (κ3) is 2.40. The Morgan fingerprint density at radius 1 is 1.33 bits per heavy atom.